The molecule has 4 heteroatoms. The third-order valence-electron chi connectivity index (χ3n) is 3.35. The summed E-state index contributed by atoms with van der Waals surface area (Å²) in [5, 5.41) is 4.12. The molecule has 1 aliphatic rings. The summed E-state index contributed by atoms with van der Waals surface area (Å²) < 4.78 is 2.20. The molecule has 0 spiro atoms. The van der Waals surface area contributed by atoms with E-state index in [-0.39, 0.29) is 5.91 Å². The van der Waals surface area contributed by atoms with Gasteiger partial charge in [-0.3, -0.25) is 4.79 Å². The average molecular weight is 243 g/mol. The van der Waals surface area contributed by atoms with Gasteiger partial charge in [-0.2, -0.15) is 0 Å². The molecule has 0 atom stereocenters. The van der Waals surface area contributed by atoms with Crippen LogP contribution in [0.4, 0.5) is 0 Å². The number of carbonyl (C=O) groups is 1. The molecule has 4 nitrogen and oxygen atoms in total. The molecule has 0 fully saturated rings. The van der Waals surface area contributed by atoms with E-state index in [1.54, 1.807) is 0 Å². The minimum Gasteiger partial charge on any atom is -0.350 e. The minimum atomic E-state index is 0.0360. The zero-order valence-electron chi connectivity index (χ0n) is 10.7. The number of amides is 1. The second-order valence-electron chi connectivity index (χ2n) is 5.04. The van der Waals surface area contributed by atoms with Crippen molar-refractivity contribution in [3.63, 3.8) is 0 Å². The van der Waals surface area contributed by atoms with Gasteiger partial charge in [-0.25, -0.2) is 0 Å². The van der Waals surface area contributed by atoms with Crippen LogP contribution in [0.25, 0.3) is 10.9 Å². The van der Waals surface area contributed by atoms with Crippen LogP contribution in [0, 0.1) is 0 Å². The normalized spacial score (nSPS) is 14.9. The Morgan fingerprint density at radius 3 is 3.00 bits per heavy atom. The Bertz CT molecular complexity index is 613. The van der Waals surface area contributed by atoms with E-state index in [2.05, 4.69) is 41.1 Å². The van der Waals surface area contributed by atoms with Crippen molar-refractivity contribution in [1.82, 2.24) is 14.8 Å². The molecule has 1 aromatic heterocycles. The smallest absolute Gasteiger partial charge is 0.253 e. The number of hydrogen-bond donors (Lipinski definition) is 1. The van der Waals surface area contributed by atoms with Gasteiger partial charge < -0.3 is 14.8 Å². The number of hydrogen-bond acceptors (Lipinski definition) is 2. The maximum Gasteiger partial charge on any atom is 0.253 e. The van der Waals surface area contributed by atoms with Gasteiger partial charge in [-0.1, -0.05) is 12.1 Å². The molecule has 1 aliphatic heterocycles. The highest BCUT2D eigenvalue weighted by atomic mass is 16.1. The lowest BCUT2D eigenvalue weighted by atomic mass is 10.1. The summed E-state index contributed by atoms with van der Waals surface area (Å²) in [7, 11) is 4.12. The molecular formula is C14H17N3O. The summed E-state index contributed by atoms with van der Waals surface area (Å²) in [5.74, 6) is 0.0360. The molecule has 18 heavy (non-hydrogen) atoms. The first-order valence-corrected chi connectivity index (χ1v) is 6.20. The van der Waals surface area contributed by atoms with Gasteiger partial charge in [0.25, 0.3) is 5.91 Å². The maximum atomic E-state index is 12.0. The minimum absolute atomic E-state index is 0.0360. The second kappa shape index (κ2) is 4.14. The Labute approximate surface area is 106 Å². The molecule has 0 aliphatic carbocycles. The highest BCUT2D eigenvalue weighted by molar-refractivity contribution is 6.07. The van der Waals surface area contributed by atoms with Crippen molar-refractivity contribution in [2.24, 2.45) is 0 Å². The van der Waals surface area contributed by atoms with Gasteiger partial charge in [0, 0.05) is 31.2 Å². The fraction of sp³-hybridized carbons (Fsp3) is 0.357. The Hall–Kier alpha value is -1.81. The number of rotatable bonds is 2. The van der Waals surface area contributed by atoms with E-state index < -0.39 is 0 Å². The zero-order valence-corrected chi connectivity index (χ0v) is 10.7. The van der Waals surface area contributed by atoms with Gasteiger partial charge >= 0.3 is 0 Å². The molecule has 94 valence electrons. The second-order valence-corrected chi connectivity index (χ2v) is 5.04. The number of aromatic nitrogens is 1. The van der Waals surface area contributed by atoms with Crippen molar-refractivity contribution >= 4 is 16.8 Å². The third-order valence-corrected chi connectivity index (χ3v) is 3.35. The number of para-hydroxylation sites is 1. The third kappa shape index (κ3) is 1.69. The van der Waals surface area contributed by atoms with Gasteiger partial charge in [0.2, 0.25) is 0 Å². The van der Waals surface area contributed by atoms with Crippen LogP contribution in [-0.2, 0) is 13.1 Å². The summed E-state index contributed by atoms with van der Waals surface area (Å²) in [5.41, 5.74) is 3.14. The Kier molecular flexibility index (Phi) is 2.59. The molecule has 1 amide bonds. The SMILES string of the molecule is CN(C)Cc1cn2c3c(cccc13)C(=O)NCC2. The molecule has 1 aromatic carbocycles. The Balaban J connectivity index is 2.25. The molecule has 0 saturated heterocycles. The summed E-state index contributed by atoms with van der Waals surface area (Å²) in [6, 6.07) is 5.97. The van der Waals surface area contributed by atoms with Crippen molar-refractivity contribution in [3.8, 4) is 0 Å². The van der Waals surface area contributed by atoms with Gasteiger partial charge in [-0.05, 0) is 25.7 Å². The predicted molar refractivity (Wildman–Crippen MR) is 71.7 cm³/mol. The fourth-order valence-corrected chi connectivity index (χ4v) is 2.65. The van der Waals surface area contributed by atoms with Crippen molar-refractivity contribution in [3.05, 3.63) is 35.5 Å². The molecule has 2 heterocycles. The molecule has 0 saturated carbocycles. The fourth-order valence-electron chi connectivity index (χ4n) is 2.65. The van der Waals surface area contributed by atoms with Crippen LogP contribution in [0.3, 0.4) is 0 Å². The predicted octanol–water partition coefficient (Wildman–Crippen LogP) is 1.45. The first-order chi connectivity index (χ1) is 8.66. The van der Waals surface area contributed by atoms with Crippen molar-refractivity contribution in [2.75, 3.05) is 20.6 Å². The standard InChI is InChI=1S/C14H17N3O/c1-16(2)8-10-9-17-7-6-15-14(18)12-5-3-4-11(10)13(12)17/h3-5,9H,6-8H2,1-2H3,(H,15,18). The molecule has 0 unspecified atom stereocenters. The highest BCUT2D eigenvalue weighted by Crippen LogP contribution is 2.26. The van der Waals surface area contributed by atoms with E-state index in [1.807, 2.05) is 12.1 Å². The molecule has 2 aromatic rings. The van der Waals surface area contributed by atoms with E-state index in [4.69, 9.17) is 0 Å². The van der Waals surface area contributed by atoms with Gasteiger partial charge in [0.1, 0.15) is 0 Å². The Morgan fingerprint density at radius 2 is 2.22 bits per heavy atom. The van der Waals surface area contributed by atoms with Gasteiger partial charge in [0.05, 0.1) is 11.1 Å². The average Bonchev–Trinajstić information content (AvgIpc) is 2.58. The van der Waals surface area contributed by atoms with Crippen molar-refractivity contribution in [1.29, 1.82) is 0 Å². The lowest BCUT2D eigenvalue weighted by Crippen LogP contribution is -2.24. The molecule has 0 bridgehead atoms. The summed E-state index contributed by atoms with van der Waals surface area (Å²) in [6.07, 6.45) is 2.18. The highest BCUT2D eigenvalue weighted by Gasteiger charge is 2.19. The lowest BCUT2D eigenvalue weighted by Gasteiger charge is -2.08. The van der Waals surface area contributed by atoms with Crippen molar-refractivity contribution < 1.29 is 4.79 Å². The number of nitrogens with one attached hydrogen (secondary N) is 1. The monoisotopic (exact) mass is 243 g/mol. The molecular weight excluding hydrogens is 226 g/mol. The van der Waals surface area contributed by atoms with Crippen LogP contribution in [-0.4, -0.2) is 36.0 Å². The van der Waals surface area contributed by atoms with Crippen LogP contribution < -0.4 is 5.32 Å². The van der Waals surface area contributed by atoms with Crippen molar-refractivity contribution in [2.45, 2.75) is 13.1 Å². The van der Waals surface area contributed by atoms with E-state index in [0.29, 0.717) is 6.54 Å². The van der Waals surface area contributed by atoms with Crippen LogP contribution in [0.2, 0.25) is 0 Å². The summed E-state index contributed by atoms with van der Waals surface area (Å²) >= 11 is 0. The van der Waals surface area contributed by atoms with Crippen LogP contribution in [0.15, 0.2) is 24.4 Å². The van der Waals surface area contributed by atoms with Crippen LogP contribution in [0.1, 0.15) is 15.9 Å². The maximum absolute atomic E-state index is 12.0. The molecule has 3 rings (SSSR count). The molecule has 0 radical (unpaired) electrons. The summed E-state index contributed by atoms with van der Waals surface area (Å²) in [4.78, 5) is 14.1. The largest absolute Gasteiger partial charge is 0.350 e. The van der Waals surface area contributed by atoms with E-state index in [1.165, 1.54) is 10.9 Å². The number of benzene rings is 1. The van der Waals surface area contributed by atoms with Gasteiger partial charge in [0.15, 0.2) is 0 Å². The van der Waals surface area contributed by atoms with Crippen LogP contribution in [0.5, 0.6) is 0 Å². The quantitative estimate of drug-likeness (QED) is 0.866. The van der Waals surface area contributed by atoms with E-state index in [9.17, 15) is 4.79 Å². The first kappa shape index (κ1) is 11.3. The number of carbonyl (C=O) groups excluding carboxylic acids is 1. The topological polar surface area (TPSA) is 37.3 Å². The zero-order chi connectivity index (χ0) is 12.7. The summed E-state index contributed by atoms with van der Waals surface area (Å²) in [6.45, 7) is 2.43. The lowest BCUT2D eigenvalue weighted by molar-refractivity contribution is 0.0956. The molecule has 1 N–H and O–H groups in total. The van der Waals surface area contributed by atoms with Crippen LogP contribution >= 0.6 is 0 Å². The Morgan fingerprint density at radius 1 is 1.39 bits per heavy atom. The van der Waals surface area contributed by atoms with E-state index in [0.717, 1.165) is 24.2 Å². The number of nitrogens with zero attached hydrogens (tertiary/aromatic N) is 2. The van der Waals surface area contributed by atoms with E-state index >= 15 is 0 Å². The first-order valence-electron chi connectivity index (χ1n) is 6.20. The van der Waals surface area contributed by atoms with Gasteiger partial charge in [-0.15, -0.1) is 0 Å².